The molecule has 0 aromatic heterocycles. The van der Waals surface area contributed by atoms with Crippen LogP contribution in [0.3, 0.4) is 0 Å². The first kappa shape index (κ1) is 24.9. The van der Waals surface area contributed by atoms with Crippen LogP contribution in [-0.4, -0.2) is 41.1 Å². The van der Waals surface area contributed by atoms with Gasteiger partial charge in [-0.05, 0) is 71.3 Å². The number of aromatic hydroxyl groups is 3. The smallest absolute Gasteiger partial charge is 0.189 e. The van der Waals surface area contributed by atoms with Gasteiger partial charge in [0.25, 0.3) is 0 Å². The van der Waals surface area contributed by atoms with Crippen LogP contribution in [0.5, 0.6) is 28.7 Å². The molecule has 35 heavy (non-hydrogen) atoms. The standard InChI is InChI=1S/C28H24O7/c1-34-27-16-19(7-13-25(27)32)5-11-23(30)22(15-18-3-9-21(29)10-4-18)24(31)12-6-20-8-14-26(33)28(17-20)35-2/h3-17,29,32-33H,1-2H3/b11-5+,12-6+. The Bertz CT molecular complexity index is 1240. The SMILES string of the molecule is COc1cc(/C=C/C(=O)C(=Cc2ccc(O)cc2)C(=O)/C=C/c2ccc(O)c(OC)c2)ccc1O. The Labute approximate surface area is 202 Å². The lowest BCUT2D eigenvalue weighted by Crippen LogP contribution is -2.08. The van der Waals surface area contributed by atoms with E-state index in [2.05, 4.69) is 0 Å². The van der Waals surface area contributed by atoms with Crippen molar-refractivity contribution >= 4 is 29.8 Å². The van der Waals surface area contributed by atoms with Crippen molar-refractivity contribution in [3.63, 3.8) is 0 Å². The zero-order valence-corrected chi connectivity index (χ0v) is 19.1. The Morgan fingerprint density at radius 1 is 0.657 bits per heavy atom. The Morgan fingerprint density at radius 2 is 1.09 bits per heavy atom. The van der Waals surface area contributed by atoms with Gasteiger partial charge < -0.3 is 24.8 Å². The molecule has 0 radical (unpaired) electrons. The molecule has 3 rings (SSSR count). The van der Waals surface area contributed by atoms with Crippen LogP contribution >= 0.6 is 0 Å². The van der Waals surface area contributed by atoms with Gasteiger partial charge in [0.15, 0.2) is 34.6 Å². The number of ketones is 2. The molecule has 0 saturated carbocycles. The van der Waals surface area contributed by atoms with Gasteiger partial charge in [-0.1, -0.05) is 36.4 Å². The van der Waals surface area contributed by atoms with Gasteiger partial charge in [0, 0.05) is 0 Å². The minimum atomic E-state index is -0.539. The monoisotopic (exact) mass is 472 g/mol. The zero-order chi connectivity index (χ0) is 25.4. The van der Waals surface area contributed by atoms with Crippen molar-refractivity contribution in [2.75, 3.05) is 14.2 Å². The van der Waals surface area contributed by atoms with Gasteiger partial charge in [-0.3, -0.25) is 9.59 Å². The average Bonchev–Trinajstić information content (AvgIpc) is 2.86. The summed E-state index contributed by atoms with van der Waals surface area (Å²) in [5.41, 5.74) is 1.64. The molecular formula is C28H24O7. The van der Waals surface area contributed by atoms with E-state index in [1.165, 1.54) is 68.9 Å². The number of rotatable bonds is 9. The zero-order valence-electron chi connectivity index (χ0n) is 19.1. The number of phenols is 3. The van der Waals surface area contributed by atoms with Crippen LogP contribution in [0.25, 0.3) is 18.2 Å². The third-order valence-electron chi connectivity index (χ3n) is 5.00. The molecule has 0 aliphatic rings. The summed E-state index contributed by atoms with van der Waals surface area (Å²) < 4.78 is 10.2. The van der Waals surface area contributed by atoms with Gasteiger partial charge in [0.1, 0.15) is 5.75 Å². The fourth-order valence-corrected chi connectivity index (χ4v) is 3.12. The summed E-state index contributed by atoms with van der Waals surface area (Å²) in [5, 5.41) is 29.0. The van der Waals surface area contributed by atoms with E-state index < -0.39 is 11.6 Å². The van der Waals surface area contributed by atoms with Crippen LogP contribution in [0.1, 0.15) is 16.7 Å². The molecule has 0 fully saturated rings. The molecule has 7 nitrogen and oxygen atoms in total. The molecule has 0 bridgehead atoms. The number of allylic oxidation sites excluding steroid dienone is 3. The van der Waals surface area contributed by atoms with Gasteiger partial charge >= 0.3 is 0 Å². The molecule has 0 saturated heterocycles. The predicted molar refractivity (Wildman–Crippen MR) is 133 cm³/mol. The minimum absolute atomic E-state index is 0.0323. The first-order valence-electron chi connectivity index (χ1n) is 10.5. The Morgan fingerprint density at radius 3 is 1.51 bits per heavy atom. The maximum absolute atomic E-state index is 13.0. The molecule has 178 valence electrons. The maximum Gasteiger partial charge on any atom is 0.189 e. The highest BCUT2D eigenvalue weighted by atomic mass is 16.5. The van der Waals surface area contributed by atoms with E-state index in [1.54, 1.807) is 36.4 Å². The molecule has 0 atom stereocenters. The van der Waals surface area contributed by atoms with Gasteiger partial charge in [0.05, 0.1) is 19.8 Å². The number of methoxy groups -OCH3 is 2. The van der Waals surface area contributed by atoms with Gasteiger partial charge in [-0.15, -0.1) is 0 Å². The molecule has 7 heteroatoms. The largest absolute Gasteiger partial charge is 0.508 e. The second-order valence-corrected chi connectivity index (χ2v) is 7.41. The van der Waals surface area contributed by atoms with E-state index in [4.69, 9.17) is 9.47 Å². The summed E-state index contributed by atoms with van der Waals surface area (Å²) in [4.78, 5) is 26.0. The van der Waals surface area contributed by atoms with Crippen molar-refractivity contribution < 1.29 is 34.4 Å². The summed E-state index contributed by atoms with van der Waals surface area (Å²) in [6.07, 6.45) is 6.97. The second-order valence-electron chi connectivity index (χ2n) is 7.41. The number of carbonyl (C=O) groups is 2. The lowest BCUT2D eigenvalue weighted by atomic mass is 10.0. The van der Waals surface area contributed by atoms with Gasteiger partial charge in [-0.25, -0.2) is 0 Å². The highest BCUT2D eigenvalue weighted by Gasteiger charge is 2.14. The van der Waals surface area contributed by atoms with E-state index >= 15 is 0 Å². The fourth-order valence-electron chi connectivity index (χ4n) is 3.12. The minimum Gasteiger partial charge on any atom is -0.508 e. The molecule has 0 amide bonds. The third-order valence-corrected chi connectivity index (χ3v) is 5.00. The van der Waals surface area contributed by atoms with E-state index in [-0.39, 0.29) is 34.3 Å². The van der Waals surface area contributed by atoms with E-state index in [0.29, 0.717) is 16.7 Å². The predicted octanol–water partition coefficient (Wildman–Crippen LogP) is 4.77. The number of benzene rings is 3. The Balaban J connectivity index is 1.92. The fraction of sp³-hybridized carbons (Fsp3) is 0.0714. The summed E-state index contributed by atoms with van der Waals surface area (Å²) in [5.74, 6) is -0.578. The Kier molecular flexibility index (Phi) is 8.08. The molecule has 0 heterocycles. The van der Waals surface area contributed by atoms with E-state index in [9.17, 15) is 24.9 Å². The van der Waals surface area contributed by atoms with E-state index in [1.807, 2.05) is 0 Å². The first-order valence-corrected chi connectivity index (χ1v) is 10.5. The van der Waals surface area contributed by atoms with Crippen molar-refractivity contribution in [1.82, 2.24) is 0 Å². The molecule has 0 aliphatic carbocycles. The van der Waals surface area contributed by atoms with Crippen molar-refractivity contribution in [2.45, 2.75) is 0 Å². The number of hydrogen-bond donors (Lipinski definition) is 3. The number of hydrogen-bond acceptors (Lipinski definition) is 7. The average molecular weight is 472 g/mol. The second kappa shape index (κ2) is 11.4. The molecule has 0 unspecified atom stereocenters. The van der Waals surface area contributed by atoms with Crippen LogP contribution in [0.15, 0.2) is 78.4 Å². The van der Waals surface area contributed by atoms with Crippen LogP contribution in [0.4, 0.5) is 0 Å². The summed E-state index contributed by atoms with van der Waals surface area (Å²) >= 11 is 0. The molecule has 3 aromatic rings. The van der Waals surface area contributed by atoms with Crippen molar-refractivity contribution in [3.05, 3.63) is 95.1 Å². The molecule has 0 aliphatic heterocycles. The van der Waals surface area contributed by atoms with Crippen LogP contribution < -0.4 is 9.47 Å². The summed E-state index contributed by atoms with van der Waals surface area (Å²) in [7, 11) is 2.84. The van der Waals surface area contributed by atoms with Crippen molar-refractivity contribution in [3.8, 4) is 28.7 Å². The maximum atomic E-state index is 13.0. The lowest BCUT2D eigenvalue weighted by molar-refractivity contribution is -0.116. The van der Waals surface area contributed by atoms with Crippen molar-refractivity contribution in [2.24, 2.45) is 0 Å². The van der Waals surface area contributed by atoms with Gasteiger partial charge in [-0.2, -0.15) is 0 Å². The quantitative estimate of drug-likeness (QED) is 0.234. The van der Waals surface area contributed by atoms with Crippen LogP contribution in [0, 0.1) is 0 Å². The van der Waals surface area contributed by atoms with Gasteiger partial charge in [0.2, 0.25) is 0 Å². The lowest BCUT2D eigenvalue weighted by Gasteiger charge is -2.05. The highest BCUT2D eigenvalue weighted by Crippen LogP contribution is 2.28. The molecular weight excluding hydrogens is 448 g/mol. The Hall–Kier alpha value is -4.78. The highest BCUT2D eigenvalue weighted by molar-refractivity contribution is 6.31. The molecule has 3 aromatic carbocycles. The third kappa shape index (κ3) is 6.61. The number of ether oxygens (including phenoxy) is 2. The van der Waals surface area contributed by atoms with Crippen LogP contribution in [0.2, 0.25) is 0 Å². The molecule has 0 spiro atoms. The van der Waals surface area contributed by atoms with Crippen LogP contribution in [-0.2, 0) is 9.59 Å². The summed E-state index contributed by atoms with van der Waals surface area (Å²) in [6.45, 7) is 0. The summed E-state index contributed by atoms with van der Waals surface area (Å²) in [6, 6.07) is 15.3. The molecule has 3 N–H and O–H groups in total. The van der Waals surface area contributed by atoms with Crippen molar-refractivity contribution in [1.29, 1.82) is 0 Å². The normalized spacial score (nSPS) is 10.9. The number of phenolic OH excluding ortho intramolecular Hbond substituents is 3. The number of carbonyl (C=O) groups excluding carboxylic acids is 2. The van der Waals surface area contributed by atoms with E-state index in [0.717, 1.165) is 0 Å². The first-order chi connectivity index (χ1) is 16.8. The topological polar surface area (TPSA) is 113 Å².